The number of fused-ring (bicyclic) bond motifs is 1. The lowest BCUT2D eigenvalue weighted by Gasteiger charge is -2.20. The highest BCUT2D eigenvalue weighted by molar-refractivity contribution is 7.89. The van der Waals surface area contributed by atoms with Crippen molar-refractivity contribution < 1.29 is 13.2 Å². The number of benzene rings is 1. The average Bonchev–Trinajstić information content (AvgIpc) is 2.96. The molecule has 1 aromatic carbocycles. The summed E-state index contributed by atoms with van der Waals surface area (Å²) < 4.78 is 29.5. The van der Waals surface area contributed by atoms with Crippen LogP contribution in [0.3, 0.4) is 0 Å². The van der Waals surface area contributed by atoms with Crippen LogP contribution in [-0.4, -0.2) is 41.3 Å². The largest absolute Gasteiger partial charge is 0.350 e. The zero-order valence-corrected chi connectivity index (χ0v) is 17.6. The molecule has 0 bridgehead atoms. The fourth-order valence-corrected chi connectivity index (χ4v) is 5.37. The van der Waals surface area contributed by atoms with E-state index in [0.29, 0.717) is 24.5 Å². The summed E-state index contributed by atoms with van der Waals surface area (Å²) in [6.07, 6.45) is 9.21. The van der Waals surface area contributed by atoms with Gasteiger partial charge in [-0.25, -0.2) is 8.42 Å². The van der Waals surface area contributed by atoms with Crippen LogP contribution in [0, 0.1) is 0 Å². The number of carbonyl (C=O) groups excluding carboxylic acids is 1. The maximum atomic E-state index is 13.0. The molecule has 4 rings (SSSR count). The lowest BCUT2D eigenvalue weighted by atomic mass is 10.2. The van der Waals surface area contributed by atoms with E-state index in [-0.39, 0.29) is 12.5 Å². The molecule has 8 heteroatoms. The Bertz CT molecular complexity index is 1120. The molecule has 3 heterocycles. The van der Waals surface area contributed by atoms with E-state index in [1.807, 2.05) is 29.0 Å². The molecule has 7 nitrogen and oxygen atoms in total. The van der Waals surface area contributed by atoms with E-state index < -0.39 is 10.0 Å². The number of sulfonamides is 1. The standard InChI is InChI=1S/C22H26N4O3S/c27-22(24-16-18-6-5-10-23-15-18)17-25-13-9-19-14-20(7-8-21(19)25)30(28,29)26-11-3-1-2-4-12-26/h5-10,13-15H,1-4,11-12,16-17H2,(H,24,27). The molecule has 0 radical (unpaired) electrons. The van der Waals surface area contributed by atoms with E-state index in [4.69, 9.17) is 0 Å². The van der Waals surface area contributed by atoms with E-state index in [0.717, 1.165) is 42.1 Å². The number of carbonyl (C=O) groups is 1. The zero-order chi connectivity index (χ0) is 21.0. The Hall–Kier alpha value is -2.71. The lowest BCUT2D eigenvalue weighted by Crippen LogP contribution is -2.31. The van der Waals surface area contributed by atoms with E-state index in [2.05, 4.69) is 10.3 Å². The second kappa shape index (κ2) is 8.97. The van der Waals surface area contributed by atoms with Gasteiger partial charge in [-0.3, -0.25) is 9.78 Å². The second-order valence-electron chi connectivity index (χ2n) is 7.62. The summed E-state index contributed by atoms with van der Waals surface area (Å²) >= 11 is 0. The third-order valence-corrected chi connectivity index (χ3v) is 7.37. The van der Waals surface area contributed by atoms with Crippen LogP contribution in [0.25, 0.3) is 10.9 Å². The van der Waals surface area contributed by atoms with E-state index in [9.17, 15) is 13.2 Å². The van der Waals surface area contributed by atoms with Gasteiger partial charge < -0.3 is 9.88 Å². The van der Waals surface area contributed by atoms with Gasteiger partial charge in [0, 0.05) is 49.1 Å². The first-order valence-electron chi connectivity index (χ1n) is 10.3. The maximum absolute atomic E-state index is 13.0. The third-order valence-electron chi connectivity index (χ3n) is 5.47. The second-order valence-corrected chi connectivity index (χ2v) is 9.56. The molecule has 0 aliphatic carbocycles. The molecule has 1 fully saturated rings. The van der Waals surface area contributed by atoms with Crippen LogP contribution in [0.1, 0.15) is 31.2 Å². The predicted molar refractivity (Wildman–Crippen MR) is 115 cm³/mol. The molecule has 1 amide bonds. The quantitative estimate of drug-likeness (QED) is 0.657. The molecule has 0 saturated carbocycles. The van der Waals surface area contributed by atoms with Crippen LogP contribution in [0.15, 0.2) is 59.9 Å². The monoisotopic (exact) mass is 426 g/mol. The van der Waals surface area contributed by atoms with Crippen LogP contribution in [0.5, 0.6) is 0 Å². The average molecular weight is 427 g/mol. The van der Waals surface area contributed by atoms with Gasteiger partial charge in [-0.05, 0) is 48.7 Å². The summed E-state index contributed by atoms with van der Waals surface area (Å²) in [7, 11) is -3.49. The first kappa shape index (κ1) is 20.6. The SMILES string of the molecule is O=C(Cn1ccc2cc(S(=O)(=O)N3CCCCCC3)ccc21)NCc1cccnc1. The van der Waals surface area contributed by atoms with Crippen molar-refractivity contribution in [1.82, 2.24) is 19.2 Å². The molecular weight excluding hydrogens is 400 g/mol. The highest BCUT2D eigenvalue weighted by Gasteiger charge is 2.25. The Morgan fingerprint density at radius 2 is 1.87 bits per heavy atom. The number of aromatic nitrogens is 2. The fourth-order valence-electron chi connectivity index (χ4n) is 3.82. The molecule has 0 spiro atoms. The molecule has 1 saturated heterocycles. The van der Waals surface area contributed by atoms with Crippen molar-refractivity contribution in [3.05, 3.63) is 60.6 Å². The van der Waals surface area contributed by atoms with Crippen LogP contribution >= 0.6 is 0 Å². The Morgan fingerprint density at radius 1 is 1.07 bits per heavy atom. The smallest absolute Gasteiger partial charge is 0.243 e. The van der Waals surface area contributed by atoms with Gasteiger partial charge in [0.15, 0.2) is 0 Å². The number of hydrogen-bond donors (Lipinski definition) is 1. The first-order chi connectivity index (χ1) is 14.5. The predicted octanol–water partition coefficient (Wildman–Crippen LogP) is 2.92. The molecule has 2 aromatic heterocycles. The van der Waals surface area contributed by atoms with Crippen molar-refractivity contribution in [2.75, 3.05) is 13.1 Å². The van der Waals surface area contributed by atoms with Crippen LogP contribution in [0.4, 0.5) is 0 Å². The van der Waals surface area contributed by atoms with Gasteiger partial charge in [-0.1, -0.05) is 18.9 Å². The molecule has 158 valence electrons. The third kappa shape index (κ3) is 4.55. The van der Waals surface area contributed by atoms with E-state index in [1.54, 1.807) is 34.9 Å². The summed E-state index contributed by atoms with van der Waals surface area (Å²) in [5.74, 6) is -0.113. The number of nitrogens with zero attached hydrogens (tertiary/aromatic N) is 3. The molecule has 30 heavy (non-hydrogen) atoms. The number of rotatable bonds is 6. The molecule has 0 atom stereocenters. The molecular formula is C22H26N4O3S. The Balaban J connectivity index is 1.47. The minimum absolute atomic E-state index is 0.113. The number of hydrogen-bond acceptors (Lipinski definition) is 4. The van der Waals surface area contributed by atoms with Gasteiger partial charge in [0.25, 0.3) is 0 Å². The van der Waals surface area contributed by atoms with Gasteiger partial charge in [0.05, 0.1) is 4.90 Å². The normalized spacial score (nSPS) is 15.7. The van der Waals surface area contributed by atoms with E-state index >= 15 is 0 Å². The Kier molecular flexibility index (Phi) is 6.15. The zero-order valence-electron chi connectivity index (χ0n) is 16.8. The van der Waals surface area contributed by atoms with Crippen LogP contribution in [-0.2, 0) is 27.9 Å². The molecule has 3 aromatic rings. The molecule has 1 aliphatic rings. The molecule has 1 N–H and O–H groups in total. The topological polar surface area (TPSA) is 84.3 Å². The Labute approximate surface area is 176 Å². The minimum Gasteiger partial charge on any atom is -0.350 e. The van der Waals surface area contributed by atoms with Crippen molar-refractivity contribution in [2.24, 2.45) is 0 Å². The maximum Gasteiger partial charge on any atom is 0.243 e. The van der Waals surface area contributed by atoms with Crippen molar-refractivity contribution in [3.63, 3.8) is 0 Å². The summed E-state index contributed by atoms with van der Waals surface area (Å²) in [6, 6.07) is 10.7. The summed E-state index contributed by atoms with van der Waals surface area (Å²) in [6.45, 7) is 1.75. The Morgan fingerprint density at radius 3 is 2.60 bits per heavy atom. The minimum atomic E-state index is -3.49. The highest BCUT2D eigenvalue weighted by atomic mass is 32.2. The summed E-state index contributed by atoms with van der Waals surface area (Å²) in [5.41, 5.74) is 1.77. The van der Waals surface area contributed by atoms with Crippen LogP contribution in [0.2, 0.25) is 0 Å². The van der Waals surface area contributed by atoms with E-state index in [1.165, 1.54) is 0 Å². The van der Waals surface area contributed by atoms with Gasteiger partial charge >= 0.3 is 0 Å². The van der Waals surface area contributed by atoms with Gasteiger partial charge in [0.2, 0.25) is 15.9 Å². The van der Waals surface area contributed by atoms with Crippen molar-refractivity contribution in [1.29, 1.82) is 0 Å². The molecule has 0 unspecified atom stereocenters. The lowest BCUT2D eigenvalue weighted by molar-refractivity contribution is -0.121. The van der Waals surface area contributed by atoms with Crippen molar-refractivity contribution >= 4 is 26.8 Å². The molecule has 1 aliphatic heterocycles. The first-order valence-corrected chi connectivity index (χ1v) is 11.7. The number of pyridine rings is 1. The fraction of sp³-hybridized carbons (Fsp3) is 0.364. The van der Waals surface area contributed by atoms with Gasteiger partial charge in [-0.2, -0.15) is 4.31 Å². The van der Waals surface area contributed by atoms with Crippen molar-refractivity contribution in [2.45, 2.75) is 43.7 Å². The van der Waals surface area contributed by atoms with Gasteiger partial charge in [-0.15, -0.1) is 0 Å². The van der Waals surface area contributed by atoms with Crippen LogP contribution < -0.4 is 5.32 Å². The summed E-state index contributed by atoms with van der Waals surface area (Å²) in [4.78, 5) is 16.7. The highest BCUT2D eigenvalue weighted by Crippen LogP contribution is 2.25. The van der Waals surface area contributed by atoms with Crippen molar-refractivity contribution in [3.8, 4) is 0 Å². The number of amides is 1. The summed E-state index contributed by atoms with van der Waals surface area (Å²) in [5, 5.41) is 3.70. The van der Waals surface area contributed by atoms with Gasteiger partial charge in [0.1, 0.15) is 6.54 Å². The number of nitrogens with one attached hydrogen (secondary N) is 1.